The van der Waals surface area contributed by atoms with E-state index >= 15 is 0 Å². The minimum atomic E-state index is -0.573. The Kier molecular flexibility index (Phi) is 6.94. The highest BCUT2D eigenvalue weighted by atomic mass is 32.1. The molecule has 0 aliphatic rings. The molecule has 4 rings (SSSR count). The van der Waals surface area contributed by atoms with E-state index in [0.29, 0.717) is 21.7 Å². The summed E-state index contributed by atoms with van der Waals surface area (Å²) in [7, 11) is 1.48. The van der Waals surface area contributed by atoms with Gasteiger partial charge in [0.05, 0.1) is 24.9 Å². The average Bonchev–Trinajstić information content (AvgIpc) is 3.49. The largest absolute Gasteiger partial charge is 0.493 e. The van der Waals surface area contributed by atoms with E-state index in [4.69, 9.17) is 9.47 Å². The molecule has 11 heteroatoms. The van der Waals surface area contributed by atoms with Crippen LogP contribution in [0.4, 0.5) is 0 Å². The Morgan fingerprint density at radius 3 is 2.68 bits per heavy atom. The molecule has 3 aromatic heterocycles. The second-order valence-corrected chi connectivity index (χ2v) is 9.32. The molecule has 176 valence electrons. The van der Waals surface area contributed by atoms with Crippen LogP contribution in [0, 0.1) is 0 Å². The molecule has 0 aliphatic carbocycles. The lowest BCUT2D eigenvalue weighted by Crippen LogP contribution is -2.44. The molecule has 34 heavy (non-hydrogen) atoms. The number of amides is 2. The van der Waals surface area contributed by atoms with Crippen molar-refractivity contribution in [2.45, 2.75) is 26.5 Å². The molecule has 2 amide bonds. The van der Waals surface area contributed by atoms with Crippen LogP contribution < -0.4 is 25.9 Å². The van der Waals surface area contributed by atoms with E-state index < -0.39 is 11.8 Å². The van der Waals surface area contributed by atoms with E-state index in [1.807, 2.05) is 36.7 Å². The number of fused-ring (bicyclic) bond motifs is 1. The molecular weight excluding hydrogens is 476 g/mol. The smallest absolute Gasteiger partial charge is 0.269 e. The Hall–Kier alpha value is -3.70. The zero-order valence-corrected chi connectivity index (χ0v) is 20.3. The standard InChI is InChI=1S/C23H22N4O5S2/c1-13(2)32-16-7-6-14(9-17(16)31-3)21(29)26-25-19(28)10-27-12-24-22-20(23(27)30)15(11-34-22)18-5-4-8-33-18/h4-9,11-13H,10H2,1-3H3,(H,25,28)(H,26,29). The number of hydrogen-bond donors (Lipinski definition) is 2. The van der Waals surface area contributed by atoms with Crippen molar-refractivity contribution in [2.24, 2.45) is 0 Å². The van der Waals surface area contributed by atoms with E-state index in [2.05, 4.69) is 15.8 Å². The van der Waals surface area contributed by atoms with Gasteiger partial charge in [0.2, 0.25) is 0 Å². The van der Waals surface area contributed by atoms with Crippen LogP contribution in [0.5, 0.6) is 11.5 Å². The molecule has 4 aromatic rings. The number of rotatable bonds is 7. The number of benzene rings is 1. The molecule has 0 saturated carbocycles. The fraction of sp³-hybridized carbons (Fsp3) is 0.217. The van der Waals surface area contributed by atoms with Crippen LogP contribution in [-0.2, 0) is 11.3 Å². The lowest BCUT2D eigenvalue weighted by atomic mass is 10.2. The van der Waals surface area contributed by atoms with Gasteiger partial charge in [-0.1, -0.05) is 6.07 Å². The summed E-state index contributed by atoms with van der Waals surface area (Å²) in [6, 6.07) is 8.55. The second kappa shape index (κ2) is 10.1. The molecule has 9 nitrogen and oxygen atoms in total. The number of ether oxygens (including phenoxy) is 2. The quantitative estimate of drug-likeness (QED) is 0.378. The van der Waals surface area contributed by atoms with Gasteiger partial charge in [0.1, 0.15) is 11.4 Å². The summed E-state index contributed by atoms with van der Waals surface area (Å²) < 4.78 is 12.1. The predicted octanol–water partition coefficient (Wildman–Crippen LogP) is 3.44. The van der Waals surface area contributed by atoms with E-state index in [9.17, 15) is 14.4 Å². The fourth-order valence-electron chi connectivity index (χ4n) is 3.25. The maximum absolute atomic E-state index is 13.0. The first-order valence-corrected chi connectivity index (χ1v) is 12.1. The van der Waals surface area contributed by atoms with Gasteiger partial charge >= 0.3 is 0 Å². The molecular formula is C23H22N4O5S2. The topological polar surface area (TPSA) is 112 Å². The highest BCUT2D eigenvalue weighted by Gasteiger charge is 2.16. The number of aromatic nitrogens is 2. The summed E-state index contributed by atoms with van der Waals surface area (Å²) in [6.45, 7) is 3.47. The molecule has 2 N–H and O–H groups in total. The molecule has 0 unspecified atom stereocenters. The molecule has 0 aliphatic heterocycles. The van der Waals surface area contributed by atoms with Crippen LogP contribution in [-0.4, -0.2) is 34.6 Å². The highest BCUT2D eigenvalue weighted by Crippen LogP contribution is 2.33. The Morgan fingerprint density at radius 2 is 1.97 bits per heavy atom. The minimum Gasteiger partial charge on any atom is -0.493 e. The highest BCUT2D eigenvalue weighted by molar-refractivity contribution is 7.18. The summed E-state index contributed by atoms with van der Waals surface area (Å²) in [5, 5.41) is 4.30. The molecule has 0 bridgehead atoms. The molecule has 0 radical (unpaired) electrons. The van der Waals surface area contributed by atoms with Gasteiger partial charge in [-0.3, -0.25) is 29.8 Å². The normalized spacial score (nSPS) is 10.9. The van der Waals surface area contributed by atoms with Gasteiger partial charge in [-0.05, 0) is 43.5 Å². The van der Waals surface area contributed by atoms with Gasteiger partial charge in [0.15, 0.2) is 11.5 Å². The van der Waals surface area contributed by atoms with Crippen molar-refractivity contribution in [1.29, 1.82) is 0 Å². The van der Waals surface area contributed by atoms with Crippen molar-refractivity contribution >= 4 is 44.7 Å². The number of nitrogens with one attached hydrogen (secondary N) is 2. The monoisotopic (exact) mass is 498 g/mol. The Labute approximate surface area is 202 Å². The lowest BCUT2D eigenvalue weighted by Gasteiger charge is -2.14. The Morgan fingerprint density at radius 1 is 1.15 bits per heavy atom. The number of hydrazine groups is 1. The number of thiophene rings is 2. The van der Waals surface area contributed by atoms with Crippen LogP contribution in [0.15, 0.2) is 52.2 Å². The van der Waals surface area contributed by atoms with Crippen molar-refractivity contribution in [2.75, 3.05) is 7.11 Å². The van der Waals surface area contributed by atoms with Gasteiger partial charge in [-0.15, -0.1) is 22.7 Å². The molecule has 0 saturated heterocycles. The Bertz CT molecular complexity index is 1390. The van der Waals surface area contributed by atoms with Crippen LogP contribution >= 0.6 is 22.7 Å². The van der Waals surface area contributed by atoms with Crippen molar-refractivity contribution in [3.05, 3.63) is 63.3 Å². The first-order valence-electron chi connectivity index (χ1n) is 10.3. The number of methoxy groups -OCH3 is 1. The Balaban J connectivity index is 1.44. The van der Waals surface area contributed by atoms with Crippen molar-refractivity contribution in [3.8, 4) is 21.9 Å². The van der Waals surface area contributed by atoms with E-state index in [1.54, 1.807) is 12.1 Å². The zero-order valence-electron chi connectivity index (χ0n) is 18.7. The summed E-state index contributed by atoms with van der Waals surface area (Å²) >= 11 is 2.90. The SMILES string of the molecule is COc1cc(C(=O)NNC(=O)Cn2cnc3scc(-c4cccs4)c3c2=O)ccc1OC(C)C. The summed E-state index contributed by atoms with van der Waals surface area (Å²) in [5.74, 6) is -0.204. The molecule has 0 fully saturated rings. The van der Waals surface area contributed by atoms with Crippen molar-refractivity contribution in [3.63, 3.8) is 0 Å². The van der Waals surface area contributed by atoms with E-state index in [1.165, 1.54) is 46.7 Å². The zero-order chi connectivity index (χ0) is 24.2. The van der Waals surface area contributed by atoms with Gasteiger partial charge < -0.3 is 9.47 Å². The van der Waals surface area contributed by atoms with E-state index in [0.717, 1.165) is 10.4 Å². The van der Waals surface area contributed by atoms with Gasteiger partial charge in [0, 0.05) is 21.4 Å². The van der Waals surface area contributed by atoms with Crippen molar-refractivity contribution < 1.29 is 19.1 Å². The molecule has 3 heterocycles. The first-order chi connectivity index (χ1) is 16.4. The summed E-state index contributed by atoms with van der Waals surface area (Å²) in [4.78, 5) is 43.8. The number of nitrogens with zero attached hydrogens (tertiary/aromatic N) is 2. The molecule has 0 spiro atoms. The predicted molar refractivity (Wildman–Crippen MR) is 132 cm³/mol. The number of carbonyl (C=O) groups is 2. The molecule has 1 aromatic carbocycles. The number of hydrogen-bond acceptors (Lipinski definition) is 8. The van der Waals surface area contributed by atoms with Crippen LogP contribution in [0.2, 0.25) is 0 Å². The number of carbonyl (C=O) groups excluding carboxylic acids is 2. The van der Waals surface area contributed by atoms with Crippen molar-refractivity contribution in [1.82, 2.24) is 20.4 Å². The summed E-state index contributed by atoms with van der Waals surface area (Å²) in [5.41, 5.74) is 5.43. The minimum absolute atomic E-state index is 0.0551. The van der Waals surface area contributed by atoms with Crippen LogP contribution in [0.1, 0.15) is 24.2 Å². The van der Waals surface area contributed by atoms with Gasteiger partial charge in [-0.25, -0.2) is 4.98 Å². The van der Waals surface area contributed by atoms with Gasteiger partial charge in [0.25, 0.3) is 17.4 Å². The summed E-state index contributed by atoms with van der Waals surface area (Å²) in [6.07, 6.45) is 1.28. The maximum Gasteiger partial charge on any atom is 0.269 e. The van der Waals surface area contributed by atoms with Gasteiger partial charge in [-0.2, -0.15) is 0 Å². The molecule has 0 atom stereocenters. The average molecular weight is 499 g/mol. The fourth-order valence-corrected chi connectivity index (χ4v) is 4.97. The third-order valence-corrected chi connectivity index (χ3v) is 6.55. The third-order valence-electron chi connectivity index (χ3n) is 4.77. The lowest BCUT2D eigenvalue weighted by molar-refractivity contribution is -0.122. The first kappa shape index (κ1) is 23.5. The maximum atomic E-state index is 13.0. The third kappa shape index (κ3) is 4.95. The van der Waals surface area contributed by atoms with Crippen LogP contribution in [0.25, 0.3) is 20.7 Å². The van der Waals surface area contributed by atoms with E-state index in [-0.39, 0.29) is 23.8 Å². The van der Waals surface area contributed by atoms with Crippen LogP contribution in [0.3, 0.4) is 0 Å². The second-order valence-electron chi connectivity index (χ2n) is 7.52.